The van der Waals surface area contributed by atoms with Gasteiger partial charge in [-0.25, -0.2) is 0 Å². The normalized spacial score (nSPS) is 12.9. The molecular formula is C56H110O4Sn2. The third-order valence-electron chi connectivity index (χ3n) is 13.4. The summed E-state index contributed by atoms with van der Waals surface area (Å²) in [4.78, 5) is 21.1. The molecule has 0 saturated carbocycles. The Morgan fingerprint density at radius 1 is 0.371 bits per heavy atom. The first-order chi connectivity index (χ1) is 30.3. The molecule has 366 valence electrons. The Morgan fingerprint density at radius 2 is 0.581 bits per heavy atom. The Bertz CT molecular complexity index is 801. The molecule has 0 heterocycles. The average Bonchev–Trinajstić information content (AvgIpc) is 3.28. The van der Waals surface area contributed by atoms with Gasteiger partial charge in [-0.1, -0.05) is 12.2 Å². The summed E-state index contributed by atoms with van der Waals surface area (Å²) in [6, 6.07) is 0. The van der Waals surface area contributed by atoms with E-state index in [1.807, 2.05) is 0 Å². The fraction of sp³-hybridized carbons (Fsp3) is 0.929. The molecule has 0 fully saturated rings. The van der Waals surface area contributed by atoms with Crippen LogP contribution < -0.4 is 10.2 Å². The molecule has 4 nitrogen and oxygen atoms in total. The summed E-state index contributed by atoms with van der Waals surface area (Å²) in [5, 5.41) is 21.1. The van der Waals surface area contributed by atoms with E-state index in [0.29, 0.717) is 12.8 Å². The molecule has 0 unspecified atom stereocenters. The number of rotatable bonds is 44. The van der Waals surface area contributed by atoms with Crippen molar-refractivity contribution in [1.82, 2.24) is 0 Å². The molecule has 0 saturated heterocycles. The van der Waals surface area contributed by atoms with E-state index in [1.54, 1.807) is 65.1 Å². The number of allylic oxidation sites excluding steroid dienone is 1. The quantitative estimate of drug-likeness (QED) is 0.0264. The van der Waals surface area contributed by atoms with Crippen LogP contribution >= 0.6 is 0 Å². The Balaban J connectivity index is 0. The fourth-order valence-corrected chi connectivity index (χ4v) is 26.1. The van der Waals surface area contributed by atoms with Gasteiger partial charge in [-0.3, -0.25) is 0 Å². The second-order valence-electron chi connectivity index (χ2n) is 19.4. The van der Waals surface area contributed by atoms with Gasteiger partial charge in [0.1, 0.15) is 0 Å². The molecule has 6 heteroatoms. The standard InChI is InChI=1S/C8H10O4.6C8H17.2Sn/c9-6(10)8(7(11)12)4-2-1-3-5-8;6*1-3-5-7-8-6-4-2;;/h2,4H,1,3,5H2,(H,9,10)(H,11,12);6*1,3-8H2,2H3;;/q;;;;;;;2*+1/p-2. The van der Waals surface area contributed by atoms with Crippen molar-refractivity contribution in [3.63, 3.8) is 0 Å². The molecule has 0 amide bonds. The van der Waals surface area contributed by atoms with E-state index < -0.39 is 56.9 Å². The van der Waals surface area contributed by atoms with Crippen LogP contribution in [0, 0.1) is 5.41 Å². The monoisotopic (exact) mass is 1090 g/mol. The summed E-state index contributed by atoms with van der Waals surface area (Å²) in [5.74, 6) is -3.17. The second kappa shape index (κ2) is 52.2. The van der Waals surface area contributed by atoms with Crippen molar-refractivity contribution in [2.24, 2.45) is 5.41 Å². The Morgan fingerprint density at radius 3 is 0.742 bits per heavy atom. The molecule has 1 aliphatic rings. The Hall–Kier alpha value is 0.277. The molecule has 1 aliphatic carbocycles. The van der Waals surface area contributed by atoms with Gasteiger partial charge in [-0.2, -0.15) is 0 Å². The molecule has 0 spiro atoms. The zero-order valence-electron chi connectivity index (χ0n) is 43.1. The van der Waals surface area contributed by atoms with Crippen LogP contribution in [0.3, 0.4) is 0 Å². The number of hydrogen-bond donors (Lipinski definition) is 0. The summed E-state index contributed by atoms with van der Waals surface area (Å²) < 4.78 is 10.3. The number of carboxylic acid groups (broad SMARTS) is 2. The van der Waals surface area contributed by atoms with Gasteiger partial charge in [0, 0.05) is 0 Å². The molecule has 0 N–H and O–H groups in total. The van der Waals surface area contributed by atoms with Crippen LogP contribution in [0.4, 0.5) is 0 Å². The molecule has 1 rings (SSSR count). The van der Waals surface area contributed by atoms with Crippen LogP contribution in [-0.4, -0.2) is 51.5 Å². The van der Waals surface area contributed by atoms with Gasteiger partial charge in [0.25, 0.3) is 0 Å². The second-order valence-corrected chi connectivity index (χ2v) is 36.6. The topological polar surface area (TPSA) is 80.3 Å². The van der Waals surface area contributed by atoms with Crippen LogP contribution in [0.15, 0.2) is 12.2 Å². The van der Waals surface area contributed by atoms with E-state index in [0.717, 1.165) is 6.08 Å². The Labute approximate surface area is 404 Å². The molecule has 0 aliphatic heterocycles. The SMILES string of the molecule is CCCCCCC[CH2][Sn+]([CH2]CCCCCCC)[CH2]CCCCCCC.CCCCCCC[CH2][Sn+]([CH2]CCCCCCC)[CH2]CCCCCCC.O=C([O-])C1(C(=O)[O-])C=CCCC1. The van der Waals surface area contributed by atoms with E-state index in [1.165, 1.54) is 199 Å². The number of aliphatic carboxylic acids is 2. The van der Waals surface area contributed by atoms with Gasteiger partial charge in [0.05, 0.1) is 17.4 Å². The van der Waals surface area contributed by atoms with Crippen LogP contribution in [0.1, 0.15) is 292 Å². The maximum atomic E-state index is 10.5. The van der Waals surface area contributed by atoms with Crippen molar-refractivity contribution in [2.75, 3.05) is 0 Å². The van der Waals surface area contributed by atoms with Gasteiger partial charge in [-0.15, -0.1) is 0 Å². The number of carbonyl (C=O) groups is 2. The predicted octanol–water partition coefficient (Wildman–Crippen LogP) is 17.3. The predicted molar refractivity (Wildman–Crippen MR) is 276 cm³/mol. The van der Waals surface area contributed by atoms with E-state index in [2.05, 4.69) is 41.5 Å². The third kappa shape index (κ3) is 42.9. The largest absolute Gasteiger partial charge is 0.549 e. The maximum absolute atomic E-state index is 10.5. The third-order valence-corrected chi connectivity index (χ3v) is 31.5. The summed E-state index contributed by atoms with van der Waals surface area (Å²) in [6.07, 6.45) is 57.8. The van der Waals surface area contributed by atoms with E-state index in [9.17, 15) is 19.8 Å². The summed E-state index contributed by atoms with van der Waals surface area (Å²) in [7, 11) is 0. The van der Waals surface area contributed by atoms with Gasteiger partial charge in [0.2, 0.25) is 0 Å². The van der Waals surface area contributed by atoms with Crippen molar-refractivity contribution in [1.29, 1.82) is 0 Å². The summed E-state index contributed by atoms with van der Waals surface area (Å²) >= 11 is -2.03. The fourth-order valence-electron chi connectivity index (χ4n) is 8.97. The van der Waals surface area contributed by atoms with Crippen LogP contribution in [0.25, 0.3) is 0 Å². The number of unbranched alkanes of at least 4 members (excludes halogenated alkanes) is 30. The van der Waals surface area contributed by atoms with Crippen molar-refractivity contribution in [3.8, 4) is 0 Å². The summed E-state index contributed by atoms with van der Waals surface area (Å²) in [5.41, 5.74) is -1.89. The smallest absolute Gasteiger partial charge is 0.0673 e. The molecule has 0 atom stereocenters. The first-order valence-electron chi connectivity index (χ1n) is 28.1. The van der Waals surface area contributed by atoms with Crippen molar-refractivity contribution in [3.05, 3.63) is 12.2 Å². The molecule has 0 bridgehead atoms. The van der Waals surface area contributed by atoms with Crippen molar-refractivity contribution < 1.29 is 19.8 Å². The minimum absolute atomic E-state index is 0.0637. The van der Waals surface area contributed by atoms with Gasteiger partial charge >= 0.3 is 339 Å². The van der Waals surface area contributed by atoms with Crippen LogP contribution in [0.2, 0.25) is 26.6 Å². The minimum atomic E-state index is -1.89. The zero-order valence-corrected chi connectivity index (χ0v) is 48.8. The van der Waals surface area contributed by atoms with Crippen LogP contribution in [-0.2, 0) is 9.59 Å². The van der Waals surface area contributed by atoms with E-state index in [-0.39, 0.29) is 6.42 Å². The van der Waals surface area contributed by atoms with E-state index >= 15 is 0 Å². The molecule has 0 aromatic heterocycles. The first-order valence-corrected chi connectivity index (χ1v) is 40.2. The van der Waals surface area contributed by atoms with Gasteiger partial charge in [-0.05, 0) is 19.3 Å². The zero-order chi connectivity index (χ0) is 46.0. The number of carbonyl (C=O) groups excluding carboxylic acids is 2. The van der Waals surface area contributed by atoms with Crippen molar-refractivity contribution >= 4 is 51.5 Å². The van der Waals surface area contributed by atoms with Gasteiger partial charge < -0.3 is 19.8 Å². The average molecular weight is 1080 g/mol. The minimum Gasteiger partial charge on any atom is -0.549 e. The summed E-state index contributed by atoms with van der Waals surface area (Å²) in [6.45, 7) is 14.0. The molecule has 0 aromatic rings. The molecular weight excluding hydrogens is 974 g/mol. The molecule has 0 aromatic carbocycles. The number of hydrogen-bond acceptors (Lipinski definition) is 4. The first kappa shape index (κ1) is 64.4. The molecule has 62 heavy (non-hydrogen) atoms. The van der Waals surface area contributed by atoms with Gasteiger partial charge in [0.15, 0.2) is 0 Å². The Kier molecular flexibility index (Phi) is 54.2. The molecule has 0 radical (unpaired) electrons. The van der Waals surface area contributed by atoms with Crippen molar-refractivity contribution in [2.45, 2.75) is 319 Å². The van der Waals surface area contributed by atoms with E-state index in [4.69, 9.17) is 0 Å². The maximum Gasteiger partial charge on any atom is 0.0673 e. The number of carboxylic acids is 2. The van der Waals surface area contributed by atoms with Crippen LogP contribution in [0.5, 0.6) is 0 Å².